The number of amides is 1. The van der Waals surface area contributed by atoms with Crippen LogP contribution in [0.15, 0.2) is 10.7 Å². The summed E-state index contributed by atoms with van der Waals surface area (Å²) in [6, 6.07) is 0. The minimum absolute atomic E-state index is 0.0500. The molecule has 0 aliphatic rings. The van der Waals surface area contributed by atoms with Crippen LogP contribution in [0.2, 0.25) is 0 Å². The number of aromatic nitrogens is 2. The zero-order valence-corrected chi connectivity index (χ0v) is 9.83. The first kappa shape index (κ1) is 11.2. The van der Waals surface area contributed by atoms with Crippen molar-refractivity contribution in [2.45, 2.75) is 20.0 Å². The molecule has 1 heterocycles. The van der Waals surface area contributed by atoms with Gasteiger partial charge in [0.15, 0.2) is 0 Å². The molecule has 0 saturated carbocycles. The Morgan fingerprint density at radius 1 is 1.71 bits per heavy atom. The maximum Gasteiger partial charge on any atom is 0.294 e. The van der Waals surface area contributed by atoms with Crippen LogP contribution in [-0.4, -0.2) is 21.8 Å². The van der Waals surface area contributed by atoms with Crippen LogP contribution in [0, 0.1) is 0 Å². The fourth-order valence-electron chi connectivity index (χ4n) is 0.886. The highest BCUT2D eigenvalue weighted by atomic mass is 79.9. The number of rotatable bonds is 3. The molecule has 78 valence electrons. The highest BCUT2D eigenvalue weighted by Gasteiger charge is 2.15. The molecule has 0 unspecified atom stereocenters. The van der Waals surface area contributed by atoms with Gasteiger partial charge in [0, 0.05) is 7.05 Å². The first-order valence-corrected chi connectivity index (χ1v) is 4.95. The van der Waals surface area contributed by atoms with Gasteiger partial charge in [0.05, 0.1) is 16.8 Å². The molecule has 5 nitrogen and oxygen atoms in total. The Bertz CT molecular complexity index is 316. The summed E-state index contributed by atoms with van der Waals surface area (Å²) in [6.07, 6.45) is 1.51. The van der Waals surface area contributed by atoms with Crippen molar-refractivity contribution in [1.29, 1.82) is 0 Å². The van der Waals surface area contributed by atoms with Crippen molar-refractivity contribution in [1.82, 2.24) is 15.3 Å². The van der Waals surface area contributed by atoms with Crippen molar-refractivity contribution in [3.63, 3.8) is 0 Å². The van der Waals surface area contributed by atoms with E-state index in [4.69, 9.17) is 4.84 Å². The molecular weight excluding hydrogens is 250 g/mol. The van der Waals surface area contributed by atoms with Gasteiger partial charge in [0.2, 0.25) is 0 Å². The number of nitrogens with one attached hydrogen (secondary N) is 1. The van der Waals surface area contributed by atoms with E-state index in [1.54, 1.807) is 13.2 Å². The molecule has 0 aliphatic heterocycles. The van der Waals surface area contributed by atoms with E-state index in [-0.39, 0.29) is 12.0 Å². The number of hydrogen-bond acceptors (Lipinski definition) is 3. The second-order valence-electron chi connectivity index (χ2n) is 3.06. The van der Waals surface area contributed by atoms with Gasteiger partial charge in [-0.15, -0.1) is 0 Å². The maximum absolute atomic E-state index is 11.5. The van der Waals surface area contributed by atoms with E-state index in [1.165, 1.54) is 4.68 Å². The number of hydrogen-bond donors (Lipinski definition) is 1. The first-order chi connectivity index (χ1) is 6.52. The summed E-state index contributed by atoms with van der Waals surface area (Å²) >= 11 is 3.23. The van der Waals surface area contributed by atoms with Crippen LogP contribution < -0.4 is 5.48 Å². The fraction of sp³-hybridized carbons (Fsp3) is 0.500. The first-order valence-electron chi connectivity index (χ1n) is 4.16. The molecule has 0 atom stereocenters. The number of carbonyl (C=O) groups excluding carboxylic acids is 1. The summed E-state index contributed by atoms with van der Waals surface area (Å²) in [5.41, 5.74) is 2.77. The van der Waals surface area contributed by atoms with E-state index in [1.807, 2.05) is 13.8 Å². The monoisotopic (exact) mass is 261 g/mol. The quantitative estimate of drug-likeness (QED) is 0.834. The Morgan fingerprint density at radius 3 is 2.79 bits per heavy atom. The van der Waals surface area contributed by atoms with E-state index in [9.17, 15) is 4.79 Å². The molecule has 1 N–H and O–H groups in total. The normalized spacial score (nSPS) is 10.6. The lowest BCUT2D eigenvalue weighted by Crippen LogP contribution is -2.28. The molecule has 1 rings (SSSR count). The van der Waals surface area contributed by atoms with Crippen molar-refractivity contribution < 1.29 is 9.63 Å². The van der Waals surface area contributed by atoms with E-state index < -0.39 is 0 Å². The third kappa shape index (κ3) is 2.55. The second-order valence-corrected chi connectivity index (χ2v) is 3.92. The molecule has 1 aromatic heterocycles. The topological polar surface area (TPSA) is 56.1 Å². The van der Waals surface area contributed by atoms with Gasteiger partial charge < -0.3 is 0 Å². The number of carbonyl (C=O) groups is 1. The molecule has 0 spiro atoms. The Morgan fingerprint density at radius 2 is 2.36 bits per heavy atom. The minimum atomic E-state index is -0.314. The predicted molar refractivity (Wildman–Crippen MR) is 54.6 cm³/mol. The molecule has 14 heavy (non-hydrogen) atoms. The largest absolute Gasteiger partial charge is 0.294 e. The Hall–Kier alpha value is -0.880. The van der Waals surface area contributed by atoms with Crippen molar-refractivity contribution >= 4 is 21.8 Å². The Kier molecular flexibility index (Phi) is 3.65. The minimum Gasteiger partial charge on any atom is -0.271 e. The van der Waals surface area contributed by atoms with Gasteiger partial charge in [0.1, 0.15) is 5.69 Å². The van der Waals surface area contributed by atoms with Crippen LogP contribution in [0.4, 0.5) is 0 Å². The van der Waals surface area contributed by atoms with Crippen molar-refractivity contribution in [2.75, 3.05) is 0 Å². The van der Waals surface area contributed by atoms with Crippen LogP contribution in [0.25, 0.3) is 0 Å². The van der Waals surface area contributed by atoms with Crippen molar-refractivity contribution in [3.05, 3.63) is 16.4 Å². The number of hydroxylamine groups is 1. The highest BCUT2D eigenvalue weighted by Crippen LogP contribution is 2.14. The third-order valence-electron chi connectivity index (χ3n) is 1.50. The van der Waals surface area contributed by atoms with E-state index in [2.05, 4.69) is 26.5 Å². The molecule has 0 aromatic carbocycles. The van der Waals surface area contributed by atoms with E-state index in [0.717, 1.165) is 0 Å². The lowest BCUT2D eigenvalue weighted by Gasteiger charge is -2.08. The average molecular weight is 262 g/mol. The molecular formula is C8H12BrN3O2. The molecule has 0 radical (unpaired) electrons. The molecule has 0 bridgehead atoms. The summed E-state index contributed by atoms with van der Waals surface area (Å²) in [5, 5.41) is 3.92. The third-order valence-corrected chi connectivity index (χ3v) is 2.08. The standard InChI is InChI=1S/C8H12BrN3O2/c1-5(2)14-11-8(13)7-6(9)4-10-12(7)3/h4-5H,1-3H3,(H,11,13). The zero-order valence-electron chi connectivity index (χ0n) is 8.24. The SMILES string of the molecule is CC(C)ONC(=O)c1c(Br)cnn1C. The number of halogens is 1. The number of aryl methyl sites for hydroxylation is 1. The van der Waals surface area contributed by atoms with E-state index in [0.29, 0.717) is 10.2 Å². The maximum atomic E-state index is 11.5. The molecule has 0 aliphatic carbocycles. The van der Waals surface area contributed by atoms with Crippen molar-refractivity contribution in [3.8, 4) is 0 Å². The van der Waals surface area contributed by atoms with Crippen LogP contribution in [-0.2, 0) is 11.9 Å². The molecule has 6 heteroatoms. The van der Waals surface area contributed by atoms with Crippen LogP contribution >= 0.6 is 15.9 Å². The molecule has 0 saturated heterocycles. The van der Waals surface area contributed by atoms with Gasteiger partial charge in [-0.3, -0.25) is 14.3 Å². The summed E-state index contributed by atoms with van der Waals surface area (Å²) in [6.45, 7) is 3.66. The zero-order chi connectivity index (χ0) is 10.7. The Labute approximate surface area is 90.5 Å². The summed E-state index contributed by atoms with van der Waals surface area (Å²) in [5.74, 6) is -0.314. The van der Waals surface area contributed by atoms with Gasteiger partial charge in [-0.05, 0) is 29.8 Å². The fourth-order valence-corrected chi connectivity index (χ4v) is 1.41. The predicted octanol–water partition coefficient (Wildman–Crippen LogP) is 1.25. The van der Waals surface area contributed by atoms with Gasteiger partial charge in [0.25, 0.3) is 5.91 Å². The highest BCUT2D eigenvalue weighted by molar-refractivity contribution is 9.10. The second kappa shape index (κ2) is 4.56. The van der Waals surface area contributed by atoms with Gasteiger partial charge in [-0.1, -0.05) is 0 Å². The van der Waals surface area contributed by atoms with Crippen LogP contribution in [0.3, 0.4) is 0 Å². The molecule has 1 aromatic rings. The van der Waals surface area contributed by atoms with Crippen LogP contribution in [0.1, 0.15) is 24.3 Å². The summed E-state index contributed by atoms with van der Waals surface area (Å²) in [4.78, 5) is 16.5. The lowest BCUT2D eigenvalue weighted by molar-refractivity contribution is -0.000464. The summed E-state index contributed by atoms with van der Waals surface area (Å²) in [7, 11) is 1.69. The number of nitrogens with zero attached hydrogens (tertiary/aromatic N) is 2. The summed E-state index contributed by atoms with van der Waals surface area (Å²) < 4.78 is 2.12. The van der Waals surface area contributed by atoms with Gasteiger partial charge >= 0.3 is 0 Å². The Balaban J connectivity index is 2.70. The van der Waals surface area contributed by atoms with Gasteiger partial charge in [-0.25, -0.2) is 5.48 Å². The average Bonchev–Trinajstić information content (AvgIpc) is 2.42. The smallest absolute Gasteiger partial charge is 0.271 e. The van der Waals surface area contributed by atoms with Crippen molar-refractivity contribution in [2.24, 2.45) is 7.05 Å². The van der Waals surface area contributed by atoms with E-state index >= 15 is 0 Å². The van der Waals surface area contributed by atoms with Crippen LogP contribution in [0.5, 0.6) is 0 Å². The molecule has 1 amide bonds. The van der Waals surface area contributed by atoms with Gasteiger partial charge in [-0.2, -0.15) is 5.10 Å². The lowest BCUT2D eigenvalue weighted by atomic mass is 10.4. The molecule has 0 fully saturated rings.